The van der Waals surface area contributed by atoms with Gasteiger partial charge in [0.05, 0.1) is 40.9 Å². The standard InChI is InChI=1S/C37H45F2N3O5S/c1-6-9-21-45-22-23-46-33-16-11-29(12-17-33)30-13-18-35(47-37(38)39)31(24-30)14-19-36(43)41-32(8-3)15-10-27(4)48(44)25-34-28(5)40-26-42(34)20-7-2/h8,10-19,24,26,37H,4,6-7,9,20-23,25H2,1-3,5H3,(H,41,43)/b15-10-,19-14+,32-8+. The Labute approximate surface area is 284 Å². The summed E-state index contributed by atoms with van der Waals surface area (Å²) in [6.45, 7) is 11.2. The Bertz CT molecular complexity index is 1610. The molecule has 2 aromatic carbocycles. The maximum absolute atomic E-state index is 13.2. The van der Waals surface area contributed by atoms with Crippen LogP contribution >= 0.6 is 0 Å². The molecule has 0 saturated heterocycles. The number of benzene rings is 2. The van der Waals surface area contributed by atoms with Gasteiger partial charge in [0.25, 0.3) is 0 Å². The number of amides is 1. The van der Waals surface area contributed by atoms with E-state index in [1.165, 1.54) is 18.2 Å². The average Bonchev–Trinajstić information content (AvgIpc) is 3.41. The van der Waals surface area contributed by atoms with E-state index in [2.05, 4.69) is 30.7 Å². The first-order valence-corrected chi connectivity index (χ1v) is 17.3. The van der Waals surface area contributed by atoms with E-state index < -0.39 is 23.3 Å². The number of rotatable bonds is 20. The molecule has 0 radical (unpaired) electrons. The molecule has 0 aliphatic heterocycles. The van der Waals surface area contributed by atoms with E-state index in [0.717, 1.165) is 48.3 Å². The monoisotopic (exact) mass is 681 g/mol. The largest absolute Gasteiger partial charge is 0.491 e. The second-order valence-electron chi connectivity index (χ2n) is 10.8. The lowest BCUT2D eigenvalue weighted by Gasteiger charge is -2.11. The molecule has 8 nitrogen and oxygen atoms in total. The molecule has 1 N–H and O–H groups in total. The van der Waals surface area contributed by atoms with Crippen molar-refractivity contribution in [2.75, 3.05) is 19.8 Å². The number of allylic oxidation sites excluding steroid dienone is 3. The van der Waals surface area contributed by atoms with Gasteiger partial charge in [-0.05, 0) is 80.3 Å². The predicted octanol–water partition coefficient (Wildman–Crippen LogP) is 8.12. The van der Waals surface area contributed by atoms with Crippen molar-refractivity contribution < 1.29 is 32.0 Å². The highest BCUT2D eigenvalue weighted by molar-refractivity contribution is 7.88. The number of ether oxygens (including phenoxy) is 3. The molecule has 3 aromatic rings. The lowest BCUT2D eigenvalue weighted by Crippen LogP contribution is -2.19. The van der Waals surface area contributed by atoms with Crippen LogP contribution in [0.15, 0.2) is 90.3 Å². The first kappa shape index (κ1) is 38.1. The fourth-order valence-corrected chi connectivity index (χ4v) is 5.56. The lowest BCUT2D eigenvalue weighted by molar-refractivity contribution is -0.115. The number of imidazole rings is 1. The van der Waals surface area contributed by atoms with E-state index in [1.54, 1.807) is 43.6 Å². The van der Waals surface area contributed by atoms with Gasteiger partial charge in [-0.2, -0.15) is 8.78 Å². The summed E-state index contributed by atoms with van der Waals surface area (Å²) in [5.41, 5.74) is 4.04. The maximum atomic E-state index is 13.2. The van der Waals surface area contributed by atoms with E-state index in [-0.39, 0.29) is 11.5 Å². The van der Waals surface area contributed by atoms with Gasteiger partial charge in [-0.3, -0.25) is 9.00 Å². The molecular weight excluding hydrogens is 636 g/mol. The number of carbonyl (C=O) groups excluding carboxylic acids is 1. The quantitative estimate of drug-likeness (QED) is 0.0736. The van der Waals surface area contributed by atoms with E-state index in [1.807, 2.05) is 35.8 Å². The summed E-state index contributed by atoms with van der Waals surface area (Å²) in [6, 6.07) is 12.2. The molecule has 0 spiro atoms. The Morgan fingerprint density at radius 1 is 1.04 bits per heavy atom. The summed E-state index contributed by atoms with van der Waals surface area (Å²) >= 11 is 0. The van der Waals surface area contributed by atoms with Crippen molar-refractivity contribution in [2.45, 2.75) is 65.9 Å². The molecule has 0 aliphatic rings. The number of carbonyl (C=O) groups is 1. The zero-order chi connectivity index (χ0) is 34.9. The Morgan fingerprint density at radius 2 is 1.79 bits per heavy atom. The van der Waals surface area contributed by atoms with Crippen molar-refractivity contribution in [3.05, 3.63) is 107 Å². The van der Waals surface area contributed by atoms with Gasteiger partial charge in [0, 0.05) is 35.4 Å². The van der Waals surface area contributed by atoms with Gasteiger partial charge in [-0.25, -0.2) is 4.98 Å². The number of aryl methyl sites for hydroxylation is 2. The van der Waals surface area contributed by atoms with Crippen molar-refractivity contribution >= 4 is 22.8 Å². The summed E-state index contributed by atoms with van der Waals surface area (Å²) in [4.78, 5) is 17.5. The third kappa shape index (κ3) is 12.4. The fourth-order valence-electron chi connectivity index (χ4n) is 4.54. The van der Waals surface area contributed by atoms with Crippen LogP contribution in [-0.4, -0.2) is 46.1 Å². The predicted molar refractivity (Wildman–Crippen MR) is 188 cm³/mol. The molecule has 0 saturated carbocycles. The Hall–Kier alpha value is -4.35. The van der Waals surface area contributed by atoms with Gasteiger partial charge >= 0.3 is 6.61 Å². The summed E-state index contributed by atoms with van der Waals surface area (Å²) < 4.78 is 57.2. The number of unbranched alkanes of at least 4 members (excludes halogenated alkanes) is 1. The summed E-state index contributed by atoms with van der Waals surface area (Å²) in [5.74, 6) is 0.406. The molecule has 1 atom stereocenters. The normalized spacial score (nSPS) is 12.6. The van der Waals surface area contributed by atoms with Crippen LogP contribution in [0, 0.1) is 6.92 Å². The number of alkyl halides is 2. The van der Waals surface area contributed by atoms with Crippen molar-refractivity contribution in [1.82, 2.24) is 14.9 Å². The summed E-state index contributed by atoms with van der Waals surface area (Å²) in [6.07, 6.45) is 12.3. The summed E-state index contributed by atoms with van der Waals surface area (Å²) in [7, 11) is -1.39. The Balaban J connectivity index is 1.65. The number of hydrogen-bond donors (Lipinski definition) is 1. The number of halogens is 2. The van der Waals surface area contributed by atoms with Crippen molar-refractivity contribution in [2.24, 2.45) is 0 Å². The Morgan fingerprint density at radius 3 is 2.48 bits per heavy atom. The van der Waals surface area contributed by atoms with Crippen LogP contribution < -0.4 is 14.8 Å². The molecule has 0 aliphatic carbocycles. The molecule has 0 bridgehead atoms. The van der Waals surface area contributed by atoms with Gasteiger partial charge in [0.1, 0.15) is 18.1 Å². The number of nitrogens with zero attached hydrogens (tertiary/aromatic N) is 2. The second kappa shape index (κ2) is 20.1. The van der Waals surface area contributed by atoms with Gasteiger partial charge in [-0.1, -0.05) is 51.1 Å². The van der Waals surface area contributed by atoms with Crippen LogP contribution in [0.4, 0.5) is 8.78 Å². The lowest BCUT2D eigenvalue weighted by atomic mass is 10.0. The van der Waals surface area contributed by atoms with Gasteiger partial charge < -0.3 is 24.1 Å². The first-order chi connectivity index (χ1) is 23.1. The summed E-state index contributed by atoms with van der Waals surface area (Å²) in [5, 5.41) is 2.74. The molecule has 0 fully saturated rings. The molecular formula is C37H45F2N3O5S. The SMILES string of the molecule is C=C(/C=C\C(=C/C)NC(=O)/C=C/c1cc(-c2ccc(OCCOCCCC)cc2)ccc1OC(F)F)S(=O)Cc1c(C)ncn1CCC. The van der Waals surface area contributed by atoms with Crippen LogP contribution in [0.5, 0.6) is 11.5 Å². The van der Waals surface area contributed by atoms with E-state index in [4.69, 9.17) is 14.2 Å². The number of nitrogens with one attached hydrogen (secondary N) is 1. The maximum Gasteiger partial charge on any atom is 0.387 e. The molecule has 1 unspecified atom stereocenters. The minimum absolute atomic E-state index is 0.0683. The fraction of sp³-hybridized carbons (Fsp3) is 0.351. The highest BCUT2D eigenvalue weighted by Crippen LogP contribution is 2.30. The Kier molecular flexibility index (Phi) is 16.0. The minimum atomic E-state index is -3.03. The highest BCUT2D eigenvalue weighted by atomic mass is 32.2. The molecule has 1 heterocycles. The molecule has 258 valence electrons. The van der Waals surface area contributed by atoms with E-state index in [9.17, 15) is 17.8 Å². The minimum Gasteiger partial charge on any atom is -0.491 e. The average molecular weight is 682 g/mol. The van der Waals surface area contributed by atoms with Gasteiger partial charge in [0.2, 0.25) is 5.91 Å². The smallest absolute Gasteiger partial charge is 0.387 e. The van der Waals surface area contributed by atoms with Crippen LogP contribution in [0.2, 0.25) is 0 Å². The molecule has 3 rings (SSSR count). The number of aromatic nitrogens is 2. The zero-order valence-electron chi connectivity index (χ0n) is 28.0. The van der Waals surface area contributed by atoms with Gasteiger partial charge in [0.15, 0.2) is 0 Å². The van der Waals surface area contributed by atoms with Crippen LogP contribution in [0.25, 0.3) is 17.2 Å². The van der Waals surface area contributed by atoms with Crippen LogP contribution in [0.3, 0.4) is 0 Å². The molecule has 1 amide bonds. The van der Waals surface area contributed by atoms with Crippen molar-refractivity contribution in [3.63, 3.8) is 0 Å². The number of hydrogen-bond acceptors (Lipinski definition) is 6. The van der Waals surface area contributed by atoms with Crippen LogP contribution in [0.1, 0.15) is 57.0 Å². The third-order valence-corrected chi connectivity index (χ3v) is 8.43. The second-order valence-corrected chi connectivity index (χ2v) is 12.3. The first-order valence-electron chi connectivity index (χ1n) is 16.0. The van der Waals surface area contributed by atoms with Crippen molar-refractivity contribution in [1.29, 1.82) is 0 Å². The topological polar surface area (TPSA) is 91.7 Å². The molecule has 11 heteroatoms. The van der Waals surface area contributed by atoms with Gasteiger partial charge in [-0.15, -0.1) is 0 Å². The van der Waals surface area contributed by atoms with E-state index >= 15 is 0 Å². The van der Waals surface area contributed by atoms with Crippen LogP contribution in [-0.2, 0) is 32.6 Å². The van der Waals surface area contributed by atoms with Crippen molar-refractivity contribution in [3.8, 4) is 22.6 Å². The van der Waals surface area contributed by atoms with E-state index in [0.29, 0.717) is 41.7 Å². The zero-order valence-corrected chi connectivity index (χ0v) is 28.9. The highest BCUT2D eigenvalue weighted by Gasteiger charge is 2.13. The molecule has 1 aromatic heterocycles. The molecule has 48 heavy (non-hydrogen) atoms. The third-order valence-electron chi connectivity index (χ3n) is 7.17.